The molecule has 0 aliphatic heterocycles. The minimum Gasteiger partial charge on any atom is -0.464 e. The predicted octanol–water partition coefficient (Wildman–Crippen LogP) is 4.63. The molecule has 9 nitrogen and oxygen atoms in total. The summed E-state index contributed by atoms with van der Waals surface area (Å²) in [5, 5.41) is 31.8. The molecule has 0 saturated carbocycles. The minimum absolute atomic E-state index is 0.0940. The third kappa shape index (κ3) is 3.36. The van der Waals surface area contributed by atoms with Crippen molar-refractivity contribution in [1.29, 1.82) is 0 Å². The highest BCUT2D eigenvalue weighted by molar-refractivity contribution is 6.31. The van der Waals surface area contributed by atoms with Gasteiger partial charge in [0.25, 0.3) is 0 Å². The van der Waals surface area contributed by atoms with E-state index in [4.69, 9.17) is 23.2 Å². The standard InChI is InChI=1S/C13H7Cl2N3O6/c14-7-2-1-3-9(4-7)16(13(19)20)12-10(17(21)22)5-8(15)6-11(12)18(23)24/h1-6H,(H,19,20). The van der Waals surface area contributed by atoms with Gasteiger partial charge in [-0.05, 0) is 18.2 Å². The number of nitro benzene ring substituents is 2. The van der Waals surface area contributed by atoms with Crippen LogP contribution < -0.4 is 4.90 Å². The summed E-state index contributed by atoms with van der Waals surface area (Å²) in [5.74, 6) is 0. The number of nitro groups is 2. The lowest BCUT2D eigenvalue weighted by atomic mass is 10.2. The summed E-state index contributed by atoms with van der Waals surface area (Å²) in [6.07, 6.45) is -1.66. The highest BCUT2D eigenvalue weighted by Crippen LogP contribution is 2.43. The number of hydrogen-bond acceptors (Lipinski definition) is 5. The molecule has 0 aromatic heterocycles. The molecule has 0 bridgehead atoms. The van der Waals surface area contributed by atoms with E-state index in [0.717, 1.165) is 12.1 Å². The van der Waals surface area contributed by atoms with Gasteiger partial charge in [0.15, 0.2) is 0 Å². The molecule has 0 aliphatic carbocycles. The Labute approximate surface area is 143 Å². The fourth-order valence-corrected chi connectivity index (χ4v) is 2.42. The van der Waals surface area contributed by atoms with Crippen molar-refractivity contribution < 1.29 is 19.7 Å². The van der Waals surface area contributed by atoms with Gasteiger partial charge in [0.05, 0.1) is 20.6 Å². The zero-order chi connectivity index (χ0) is 18.0. The Hall–Kier alpha value is -2.91. The van der Waals surface area contributed by atoms with Gasteiger partial charge in [-0.25, -0.2) is 9.69 Å². The van der Waals surface area contributed by atoms with Crippen LogP contribution in [-0.2, 0) is 0 Å². The van der Waals surface area contributed by atoms with Crippen molar-refractivity contribution in [2.24, 2.45) is 0 Å². The Morgan fingerprint density at radius 1 is 1.00 bits per heavy atom. The lowest BCUT2D eigenvalue weighted by molar-refractivity contribution is -0.392. The first-order chi connectivity index (χ1) is 11.2. The summed E-state index contributed by atoms with van der Waals surface area (Å²) in [7, 11) is 0. The van der Waals surface area contributed by atoms with Crippen molar-refractivity contribution in [2.45, 2.75) is 0 Å². The van der Waals surface area contributed by atoms with Crippen molar-refractivity contribution in [3.63, 3.8) is 0 Å². The Morgan fingerprint density at radius 3 is 1.96 bits per heavy atom. The highest BCUT2D eigenvalue weighted by atomic mass is 35.5. The molecule has 11 heteroatoms. The van der Waals surface area contributed by atoms with E-state index >= 15 is 0 Å². The zero-order valence-corrected chi connectivity index (χ0v) is 13.1. The summed E-state index contributed by atoms with van der Waals surface area (Å²) in [4.78, 5) is 32.7. The van der Waals surface area contributed by atoms with E-state index in [1.54, 1.807) is 0 Å². The average Bonchev–Trinajstić information content (AvgIpc) is 2.47. The molecule has 0 atom stereocenters. The van der Waals surface area contributed by atoms with Crippen LogP contribution in [0.2, 0.25) is 10.0 Å². The Bertz CT molecular complexity index is 822. The van der Waals surface area contributed by atoms with Crippen molar-refractivity contribution >= 4 is 52.0 Å². The molecule has 2 aromatic rings. The largest absolute Gasteiger partial charge is 0.464 e. The van der Waals surface area contributed by atoms with Crippen LogP contribution in [0.1, 0.15) is 0 Å². The maximum atomic E-state index is 11.7. The molecule has 124 valence electrons. The number of carbonyl (C=O) groups is 1. The Balaban J connectivity index is 2.86. The fourth-order valence-electron chi connectivity index (χ4n) is 2.03. The number of rotatable bonds is 4. The van der Waals surface area contributed by atoms with Crippen LogP contribution in [0, 0.1) is 20.2 Å². The van der Waals surface area contributed by atoms with Gasteiger partial charge in [-0.3, -0.25) is 20.2 Å². The van der Waals surface area contributed by atoms with Crippen molar-refractivity contribution in [2.75, 3.05) is 4.90 Å². The second-order valence-corrected chi connectivity index (χ2v) is 5.28. The quantitative estimate of drug-likeness (QED) is 0.616. The van der Waals surface area contributed by atoms with Crippen LogP contribution in [0.3, 0.4) is 0 Å². The van der Waals surface area contributed by atoms with Gasteiger partial charge in [-0.1, -0.05) is 29.3 Å². The van der Waals surface area contributed by atoms with Gasteiger partial charge in [-0.15, -0.1) is 0 Å². The molecule has 0 heterocycles. The summed E-state index contributed by atoms with van der Waals surface area (Å²) < 4.78 is 0. The van der Waals surface area contributed by atoms with E-state index in [1.165, 1.54) is 24.3 Å². The lowest BCUT2D eigenvalue weighted by Gasteiger charge is -2.19. The summed E-state index contributed by atoms with van der Waals surface area (Å²) >= 11 is 11.5. The van der Waals surface area contributed by atoms with E-state index in [1.807, 2.05) is 0 Å². The van der Waals surface area contributed by atoms with Gasteiger partial charge < -0.3 is 5.11 Å². The van der Waals surface area contributed by atoms with Gasteiger partial charge in [0.1, 0.15) is 0 Å². The van der Waals surface area contributed by atoms with Crippen LogP contribution in [0.4, 0.5) is 27.5 Å². The maximum Gasteiger partial charge on any atom is 0.416 e. The smallest absolute Gasteiger partial charge is 0.416 e. The fraction of sp³-hybridized carbons (Fsp3) is 0. The number of carboxylic acid groups (broad SMARTS) is 1. The van der Waals surface area contributed by atoms with Gasteiger partial charge in [0, 0.05) is 17.2 Å². The normalized spacial score (nSPS) is 10.2. The van der Waals surface area contributed by atoms with E-state index < -0.39 is 33.0 Å². The molecule has 0 saturated heterocycles. The third-order valence-corrected chi connectivity index (χ3v) is 3.36. The summed E-state index contributed by atoms with van der Waals surface area (Å²) in [6, 6.07) is 7.03. The number of benzene rings is 2. The van der Waals surface area contributed by atoms with Gasteiger partial charge >= 0.3 is 17.5 Å². The second kappa shape index (κ2) is 6.69. The SMILES string of the molecule is O=C(O)N(c1cccc(Cl)c1)c1c([N+](=O)[O-])cc(Cl)cc1[N+](=O)[O-]. The summed E-state index contributed by atoms with van der Waals surface area (Å²) in [5.41, 5.74) is -2.47. The predicted molar refractivity (Wildman–Crippen MR) is 86.4 cm³/mol. The molecule has 1 amide bonds. The first-order valence-corrected chi connectivity index (χ1v) is 6.89. The highest BCUT2D eigenvalue weighted by Gasteiger charge is 2.35. The zero-order valence-electron chi connectivity index (χ0n) is 11.6. The lowest BCUT2D eigenvalue weighted by Crippen LogP contribution is -2.25. The molecule has 0 fully saturated rings. The molecule has 24 heavy (non-hydrogen) atoms. The Kier molecular flexibility index (Phi) is 4.86. The van der Waals surface area contributed by atoms with Crippen LogP contribution >= 0.6 is 23.2 Å². The van der Waals surface area contributed by atoms with Crippen molar-refractivity contribution in [3.8, 4) is 0 Å². The third-order valence-electron chi connectivity index (χ3n) is 2.91. The van der Waals surface area contributed by atoms with Crippen LogP contribution in [0.5, 0.6) is 0 Å². The van der Waals surface area contributed by atoms with Crippen LogP contribution in [0.15, 0.2) is 36.4 Å². The molecule has 0 radical (unpaired) electrons. The molecule has 0 unspecified atom stereocenters. The number of amides is 1. The van der Waals surface area contributed by atoms with Gasteiger partial charge in [-0.2, -0.15) is 0 Å². The monoisotopic (exact) mass is 371 g/mol. The van der Waals surface area contributed by atoms with E-state index in [-0.39, 0.29) is 15.7 Å². The van der Waals surface area contributed by atoms with Crippen LogP contribution in [-0.4, -0.2) is 21.0 Å². The van der Waals surface area contributed by atoms with E-state index in [9.17, 15) is 30.1 Å². The Morgan fingerprint density at radius 2 is 1.54 bits per heavy atom. The molecule has 2 rings (SSSR count). The van der Waals surface area contributed by atoms with Crippen molar-refractivity contribution in [3.05, 3.63) is 66.7 Å². The average molecular weight is 372 g/mol. The van der Waals surface area contributed by atoms with Gasteiger partial charge in [0.2, 0.25) is 5.69 Å². The number of nitrogens with zero attached hydrogens (tertiary/aromatic N) is 3. The number of anilines is 2. The van der Waals surface area contributed by atoms with E-state index in [0.29, 0.717) is 4.90 Å². The van der Waals surface area contributed by atoms with E-state index in [2.05, 4.69) is 0 Å². The molecule has 0 spiro atoms. The number of halogens is 2. The first-order valence-electron chi connectivity index (χ1n) is 6.13. The molecule has 2 aromatic carbocycles. The topological polar surface area (TPSA) is 127 Å². The summed E-state index contributed by atoms with van der Waals surface area (Å²) in [6.45, 7) is 0. The minimum atomic E-state index is -1.66. The first kappa shape index (κ1) is 17.4. The number of hydrogen-bond donors (Lipinski definition) is 1. The second-order valence-electron chi connectivity index (χ2n) is 4.40. The molecule has 0 aliphatic rings. The molecule has 1 N–H and O–H groups in total. The van der Waals surface area contributed by atoms with Crippen LogP contribution in [0.25, 0.3) is 0 Å². The van der Waals surface area contributed by atoms with Crippen molar-refractivity contribution in [1.82, 2.24) is 0 Å². The molecular weight excluding hydrogens is 365 g/mol. The molecular formula is C13H7Cl2N3O6. The maximum absolute atomic E-state index is 11.7.